The quantitative estimate of drug-likeness (QED) is 0.936. The Kier molecular flexibility index (Phi) is 4.57. The first-order valence-corrected chi connectivity index (χ1v) is 6.64. The van der Waals surface area contributed by atoms with Gasteiger partial charge in [0.1, 0.15) is 11.5 Å². The number of ether oxygens (including phenoxy) is 1. The van der Waals surface area contributed by atoms with E-state index in [-0.39, 0.29) is 12.4 Å². The maximum Gasteiger partial charge on any atom is 0.416 e. The molecule has 0 unspecified atom stereocenters. The van der Waals surface area contributed by atoms with Gasteiger partial charge in [-0.15, -0.1) is 0 Å². The highest BCUT2D eigenvalue weighted by Gasteiger charge is 2.30. The van der Waals surface area contributed by atoms with Crippen LogP contribution in [-0.2, 0) is 18.0 Å². The standard InChI is InChI=1S/C14H15F3N4O2/c1-8-13(9(2)21(3)20-8)23-7-12(22)19-11-6-10(4-5-18-11)14(15,16)17/h4-6H,7H2,1-3H3,(H,18,19,22). The first-order chi connectivity index (χ1) is 10.7. The molecule has 0 spiro atoms. The van der Waals surface area contributed by atoms with Crippen molar-refractivity contribution < 1.29 is 22.7 Å². The van der Waals surface area contributed by atoms with Gasteiger partial charge in [-0.05, 0) is 26.0 Å². The molecular formula is C14H15F3N4O2. The fourth-order valence-electron chi connectivity index (χ4n) is 1.95. The van der Waals surface area contributed by atoms with Crippen LogP contribution >= 0.6 is 0 Å². The smallest absolute Gasteiger partial charge is 0.416 e. The van der Waals surface area contributed by atoms with Crippen LogP contribution in [-0.4, -0.2) is 27.3 Å². The van der Waals surface area contributed by atoms with E-state index in [1.165, 1.54) is 0 Å². The van der Waals surface area contributed by atoms with Crippen LogP contribution in [0.2, 0.25) is 0 Å². The van der Waals surface area contributed by atoms with Gasteiger partial charge in [-0.2, -0.15) is 18.3 Å². The fourth-order valence-corrected chi connectivity index (χ4v) is 1.95. The molecule has 1 N–H and O–H groups in total. The number of nitrogens with zero attached hydrogens (tertiary/aromatic N) is 3. The molecule has 2 heterocycles. The average molecular weight is 328 g/mol. The molecule has 124 valence electrons. The van der Waals surface area contributed by atoms with Crippen molar-refractivity contribution in [1.82, 2.24) is 14.8 Å². The Morgan fingerprint density at radius 3 is 2.65 bits per heavy atom. The minimum absolute atomic E-state index is 0.187. The zero-order valence-corrected chi connectivity index (χ0v) is 12.7. The van der Waals surface area contributed by atoms with Gasteiger partial charge in [-0.1, -0.05) is 0 Å². The SMILES string of the molecule is Cc1nn(C)c(C)c1OCC(=O)Nc1cc(C(F)(F)F)ccn1. The number of aryl methyl sites for hydroxylation is 2. The van der Waals surface area contributed by atoms with Crippen LogP contribution < -0.4 is 10.1 Å². The summed E-state index contributed by atoms with van der Waals surface area (Å²) in [5, 5.41) is 6.40. The number of hydrogen-bond donors (Lipinski definition) is 1. The van der Waals surface area contributed by atoms with Crippen LogP contribution in [0.25, 0.3) is 0 Å². The summed E-state index contributed by atoms with van der Waals surface area (Å²) in [6, 6.07) is 1.59. The van der Waals surface area contributed by atoms with E-state index in [1.54, 1.807) is 25.6 Å². The molecule has 0 radical (unpaired) electrons. The lowest BCUT2D eigenvalue weighted by Gasteiger charge is -2.10. The number of aromatic nitrogens is 3. The van der Waals surface area contributed by atoms with Gasteiger partial charge in [0.05, 0.1) is 11.3 Å². The van der Waals surface area contributed by atoms with Crippen molar-refractivity contribution in [2.45, 2.75) is 20.0 Å². The molecule has 2 rings (SSSR count). The number of rotatable bonds is 4. The Morgan fingerprint density at radius 1 is 1.39 bits per heavy atom. The van der Waals surface area contributed by atoms with Gasteiger partial charge in [-0.25, -0.2) is 4.98 Å². The van der Waals surface area contributed by atoms with Crippen molar-refractivity contribution >= 4 is 11.7 Å². The van der Waals surface area contributed by atoms with Crippen molar-refractivity contribution in [1.29, 1.82) is 0 Å². The number of anilines is 1. The monoisotopic (exact) mass is 328 g/mol. The molecule has 6 nitrogen and oxygen atoms in total. The third-order valence-corrected chi connectivity index (χ3v) is 3.14. The molecule has 0 bridgehead atoms. The number of carbonyl (C=O) groups is 1. The molecule has 1 amide bonds. The first-order valence-electron chi connectivity index (χ1n) is 6.64. The Balaban J connectivity index is 2.00. The second kappa shape index (κ2) is 6.27. The van der Waals surface area contributed by atoms with Crippen LogP contribution in [0.3, 0.4) is 0 Å². The second-order valence-electron chi connectivity index (χ2n) is 4.89. The molecule has 2 aromatic heterocycles. The normalized spacial score (nSPS) is 11.4. The van der Waals surface area contributed by atoms with E-state index >= 15 is 0 Å². The van der Waals surface area contributed by atoms with Gasteiger partial charge in [0.15, 0.2) is 12.4 Å². The van der Waals surface area contributed by atoms with E-state index in [9.17, 15) is 18.0 Å². The van der Waals surface area contributed by atoms with Crippen molar-refractivity contribution in [2.24, 2.45) is 7.05 Å². The van der Waals surface area contributed by atoms with Gasteiger partial charge in [-0.3, -0.25) is 9.48 Å². The second-order valence-corrected chi connectivity index (χ2v) is 4.89. The molecule has 0 saturated heterocycles. The number of halogens is 3. The van der Waals surface area contributed by atoms with E-state index in [1.807, 2.05) is 0 Å². The fraction of sp³-hybridized carbons (Fsp3) is 0.357. The van der Waals surface area contributed by atoms with E-state index < -0.39 is 17.6 Å². The number of carbonyl (C=O) groups excluding carboxylic acids is 1. The minimum atomic E-state index is -4.50. The van der Waals surface area contributed by atoms with Crippen LogP contribution in [0.1, 0.15) is 17.0 Å². The third kappa shape index (κ3) is 3.99. The maximum atomic E-state index is 12.6. The van der Waals surface area contributed by atoms with Gasteiger partial charge in [0.2, 0.25) is 0 Å². The zero-order chi connectivity index (χ0) is 17.2. The Hall–Kier alpha value is -2.58. The average Bonchev–Trinajstić information content (AvgIpc) is 2.69. The Labute approximate surface area is 130 Å². The molecule has 0 saturated carbocycles. The lowest BCUT2D eigenvalue weighted by atomic mass is 10.2. The first kappa shape index (κ1) is 16.8. The zero-order valence-electron chi connectivity index (χ0n) is 12.7. The number of nitrogens with one attached hydrogen (secondary N) is 1. The highest BCUT2D eigenvalue weighted by atomic mass is 19.4. The highest BCUT2D eigenvalue weighted by Crippen LogP contribution is 2.29. The number of amides is 1. The summed E-state index contributed by atoms with van der Waals surface area (Å²) in [7, 11) is 1.74. The summed E-state index contributed by atoms with van der Waals surface area (Å²) in [6.07, 6.45) is -3.52. The number of hydrogen-bond acceptors (Lipinski definition) is 4. The lowest BCUT2D eigenvalue weighted by Crippen LogP contribution is -2.21. The van der Waals surface area contributed by atoms with Crippen molar-refractivity contribution in [2.75, 3.05) is 11.9 Å². The molecule has 9 heteroatoms. The van der Waals surface area contributed by atoms with Crippen LogP contribution in [0.5, 0.6) is 5.75 Å². The van der Waals surface area contributed by atoms with E-state index in [4.69, 9.17) is 4.74 Å². The summed E-state index contributed by atoms with van der Waals surface area (Å²) in [5.74, 6) is -0.327. The molecule has 0 aliphatic rings. The van der Waals surface area contributed by atoms with Crippen LogP contribution in [0.15, 0.2) is 18.3 Å². The highest BCUT2D eigenvalue weighted by molar-refractivity contribution is 5.91. The van der Waals surface area contributed by atoms with Gasteiger partial charge >= 0.3 is 6.18 Å². The third-order valence-electron chi connectivity index (χ3n) is 3.14. The van der Waals surface area contributed by atoms with Crippen molar-refractivity contribution in [3.05, 3.63) is 35.3 Å². The van der Waals surface area contributed by atoms with Crippen LogP contribution in [0.4, 0.5) is 19.0 Å². The minimum Gasteiger partial charge on any atom is -0.480 e. The Bertz CT molecular complexity index is 725. The molecule has 0 aliphatic carbocycles. The largest absolute Gasteiger partial charge is 0.480 e. The number of alkyl halides is 3. The molecular weight excluding hydrogens is 313 g/mol. The molecule has 0 aliphatic heterocycles. The summed E-state index contributed by atoms with van der Waals surface area (Å²) in [4.78, 5) is 15.5. The summed E-state index contributed by atoms with van der Waals surface area (Å²) < 4.78 is 44.8. The molecule has 0 atom stereocenters. The topological polar surface area (TPSA) is 69.0 Å². The summed E-state index contributed by atoms with van der Waals surface area (Å²) in [5.41, 5.74) is 0.477. The van der Waals surface area contributed by atoms with Gasteiger partial charge in [0.25, 0.3) is 5.91 Å². The van der Waals surface area contributed by atoms with E-state index in [0.717, 1.165) is 24.0 Å². The molecule has 23 heavy (non-hydrogen) atoms. The van der Waals surface area contributed by atoms with Crippen molar-refractivity contribution in [3.8, 4) is 5.75 Å². The predicted molar refractivity (Wildman–Crippen MR) is 76.0 cm³/mol. The summed E-state index contributed by atoms with van der Waals surface area (Å²) >= 11 is 0. The predicted octanol–water partition coefficient (Wildman–Crippen LogP) is 2.47. The van der Waals surface area contributed by atoms with E-state index in [0.29, 0.717) is 11.4 Å². The van der Waals surface area contributed by atoms with Gasteiger partial charge in [0, 0.05) is 13.2 Å². The van der Waals surface area contributed by atoms with E-state index in [2.05, 4.69) is 15.4 Å². The summed E-state index contributed by atoms with van der Waals surface area (Å²) in [6.45, 7) is 3.15. The van der Waals surface area contributed by atoms with Crippen LogP contribution in [0, 0.1) is 13.8 Å². The molecule has 2 aromatic rings. The Morgan fingerprint density at radius 2 is 2.09 bits per heavy atom. The van der Waals surface area contributed by atoms with Crippen molar-refractivity contribution in [3.63, 3.8) is 0 Å². The molecule has 0 aromatic carbocycles. The number of pyridine rings is 1. The van der Waals surface area contributed by atoms with Gasteiger partial charge < -0.3 is 10.1 Å². The lowest BCUT2D eigenvalue weighted by molar-refractivity contribution is -0.137. The molecule has 0 fully saturated rings. The maximum absolute atomic E-state index is 12.6.